The molecule has 11 nitrogen and oxygen atoms in total. The fourth-order valence-electron chi connectivity index (χ4n) is 4.10. The van der Waals surface area contributed by atoms with Crippen LogP contribution in [0.2, 0.25) is 0 Å². The van der Waals surface area contributed by atoms with Gasteiger partial charge in [-0.15, -0.1) is 0 Å². The van der Waals surface area contributed by atoms with Crippen LogP contribution in [0.4, 0.5) is 11.4 Å². The van der Waals surface area contributed by atoms with Gasteiger partial charge in [0.15, 0.2) is 0 Å². The molecule has 1 aliphatic heterocycles. The number of amides is 1. The molecule has 3 aromatic carbocycles. The lowest BCUT2D eigenvalue weighted by Crippen LogP contribution is -2.35. The molecule has 0 saturated carbocycles. The third kappa shape index (κ3) is 6.73. The summed E-state index contributed by atoms with van der Waals surface area (Å²) in [6.45, 7) is 1.86. The van der Waals surface area contributed by atoms with Gasteiger partial charge in [-0.05, 0) is 28.7 Å². The summed E-state index contributed by atoms with van der Waals surface area (Å²) < 4.78 is 5.37. The molecular weight excluding hydrogens is 480 g/mol. The highest BCUT2D eigenvalue weighted by Gasteiger charge is 2.21. The van der Waals surface area contributed by atoms with Crippen LogP contribution in [0.5, 0.6) is 0 Å². The van der Waals surface area contributed by atoms with Crippen molar-refractivity contribution in [3.05, 3.63) is 115 Å². The lowest BCUT2D eigenvalue weighted by Gasteiger charge is -2.28. The molecule has 0 atom stereocenters. The first kappa shape index (κ1) is 25.5. The second-order valence-corrected chi connectivity index (χ2v) is 8.64. The molecule has 1 amide bonds. The molecule has 3 aromatic rings. The number of nitro benzene ring substituents is 2. The third-order valence-corrected chi connectivity index (χ3v) is 6.00. The number of carbonyl (C=O) groups excluding carboxylic acids is 2. The molecule has 11 heteroatoms. The minimum atomic E-state index is -0.778. The summed E-state index contributed by atoms with van der Waals surface area (Å²) in [5, 5.41) is 24.8. The van der Waals surface area contributed by atoms with E-state index in [0.29, 0.717) is 13.1 Å². The molecule has 0 saturated heterocycles. The van der Waals surface area contributed by atoms with Crippen molar-refractivity contribution in [1.82, 2.24) is 10.2 Å². The fourth-order valence-corrected chi connectivity index (χ4v) is 4.10. The summed E-state index contributed by atoms with van der Waals surface area (Å²) in [5.41, 5.74) is 2.72. The van der Waals surface area contributed by atoms with E-state index in [0.717, 1.165) is 46.9 Å². The number of benzene rings is 3. The first-order chi connectivity index (χ1) is 17.8. The highest BCUT2D eigenvalue weighted by molar-refractivity contribution is 5.95. The maximum atomic E-state index is 12.5. The maximum Gasteiger partial charge on any atom is 0.320 e. The molecular formula is C26H24N4O7. The van der Waals surface area contributed by atoms with Crippen molar-refractivity contribution in [2.75, 3.05) is 13.1 Å². The van der Waals surface area contributed by atoms with Gasteiger partial charge >= 0.3 is 5.97 Å². The predicted molar refractivity (Wildman–Crippen MR) is 133 cm³/mol. The molecule has 0 bridgehead atoms. The second-order valence-electron chi connectivity index (χ2n) is 8.64. The summed E-state index contributed by atoms with van der Waals surface area (Å²) in [6.07, 6.45) is 0.722. The largest absolute Gasteiger partial charge is 0.460 e. The number of hydrogen-bond donors (Lipinski definition) is 1. The van der Waals surface area contributed by atoms with Gasteiger partial charge in [0.1, 0.15) is 6.61 Å². The minimum Gasteiger partial charge on any atom is -0.460 e. The predicted octanol–water partition coefficient (Wildman–Crippen LogP) is 3.53. The van der Waals surface area contributed by atoms with Crippen molar-refractivity contribution in [3.63, 3.8) is 0 Å². The van der Waals surface area contributed by atoms with Gasteiger partial charge in [0.2, 0.25) is 0 Å². The monoisotopic (exact) mass is 504 g/mol. The summed E-state index contributed by atoms with van der Waals surface area (Å²) in [5.74, 6) is -0.933. The van der Waals surface area contributed by atoms with E-state index in [4.69, 9.17) is 4.74 Å². The van der Waals surface area contributed by atoms with E-state index in [9.17, 15) is 29.8 Å². The average Bonchev–Trinajstić information content (AvgIpc) is 2.90. The molecule has 1 heterocycles. The first-order valence-corrected chi connectivity index (χ1v) is 11.5. The standard InChI is InChI=1S/C26H24N4O7/c31-25(37-17-18-4-2-1-3-5-18)16-28-9-8-20-10-19(6-7-21(20)15-28)14-27-26(32)22-11-23(29(33)34)13-24(12-22)30(35)36/h1-7,10-13H,8-9,14-17H2,(H,27,32). The molecule has 190 valence electrons. The van der Waals surface area contributed by atoms with Crippen LogP contribution in [0.25, 0.3) is 0 Å². The van der Waals surface area contributed by atoms with E-state index in [-0.39, 0.29) is 31.2 Å². The Balaban J connectivity index is 1.32. The summed E-state index contributed by atoms with van der Waals surface area (Å²) in [6, 6.07) is 18.1. The van der Waals surface area contributed by atoms with Gasteiger partial charge < -0.3 is 10.1 Å². The zero-order valence-corrected chi connectivity index (χ0v) is 19.8. The van der Waals surface area contributed by atoms with E-state index in [1.165, 1.54) is 0 Å². The van der Waals surface area contributed by atoms with Crippen molar-refractivity contribution >= 4 is 23.3 Å². The lowest BCUT2D eigenvalue weighted by molar-refractivity contribution is -0.394. The van der Waals surface area contributed by atoms with Crippen molar-refractivity contribution < 1.29 is 24.2 Å². The Morgan fingerprint density at radius 1 is 0.892 bits per heavy atom. The number of nitrogens with one attached hydrogen (secondary N) is 1. The number of esters is 1. The van der Waals surface area contributed by atoms with Crippen LogP contribution in [0, 0.1) is 20.2 Å². The average molecular weight is 504 g/mol. The Morgan fingerprint density at radius 3 is 2.27 bits per heavy atom. The Hall–Kier alpha value is -4.64. The minimum absolute atomic E-state index is 0.151. The molecule has 0 radical (unpaired) electrons. The van der Waals surface area contributed by atoms with Crippen molar-refractivity contribution in [2.24, 2.45) is 0 Å². The Bertz CT molecular complexity index is 1310. The van der Waals surface area contributed by atoms with Crippen molar-refractivity contribution in [3.8, 4) is 0 Å². The zero-order valence-electron chi connectivity index (χ0n) is 19.8. The molecule has 0 fully saturated rings. The molecule has 0 spiro atoms. The maximum absolute atomic E-state index is 12.5. The van der Waals surface area contributed by atoms with Gasteiger partial charge in [-0.2, -0.15) is 0 Å². The Labute approximate surface area is 212 Å². The van der Waals surface area contributed by atoms with Crippen LogP contribution in [0.15, 0.2) is 66.7 Å². The SMILES string of the molecule is O=C(CN1CCc2cc(CNC(=O)c3cc([N+](=O)[O-])cc([N+](=O)[O-])c3)ccc2C1)OCc1ccccc1. The van der Waals surface area contributed by atoms with Gasteiger partial charge in [-0.1, -0.05) is 48.5 Å². The van der Waals surface area contributed by atoms with E-state index in [2.05, 4.69) is 5.32 Å². The summed E-state index contributed by atoms with van der Waals surface area (Å²) >= 11 is 0. The number of non-ortho nitro benzene ring substituents is 2. The molecule has 37 heavy (non-hydrogen) atoms. The number of carbonyl (C=O) groups is 2. The van der Waals surface area contributed by atoms with Crippen LogP contribution >= 0.6 is 0 Å². The molecule has 0 aromatic heterocycles. The van der Waals surface area contributed by atoms with Crippen LogP contribution in [0.3, 0.4) is 0 Å². The summed E-state index contributed by atoms with van der Waals surface area (Å²) in [7, 11) is 0. The normalized spacial score (nSPS) is 12.9. The number of hydrogen-bond acceptors (Lipinski definition) is 8. The van der Waals surface area contributed by atoms with Gasteiger partial charge in [0.05, 0.1) is 28.0 Å². The van der Waals surface area contributed by atoms with E-state index < -0.39 is 27.1 Å². The number of nitrogens with zero attached hydrogens (tertiary/aromatic N) is 3. The molecule has 0 aliphatic carbocycles. The number of fused-ring (bicyclic) bond motifs is 1. The van der Waals surface area contributed by atoms with Gasteiger partial charge in [0.25, 0.3) is 17.3 Å². The van der Waals surface area contributed by atoms with Gasteiger partial charge in [0, 0.05) is 31.8 Å². The highest BCUT2D eigenvalue weighted by atomic mass is 16.6. The Morgan fingerprint density at radius 2 is 1.59 bits per heavy atom. The zero-order chi connectivity index (χ0) is 26.4. The van der Waals surface area contributed by atoms with E-state index in [1.54, 1.807) is 0 Å². The Kier molecular flexibility index (Phi) is 7.84. The molecule has 4 rings (SSSR count). The quantitative estimate of drug-likeness (QED) is 0.265. The fraction of sp³-hybridized carbons (Fsp3) is 0.231. The van der Waals surface area contributed by atoms with Gasteiger partial charge in [-0.3, -0.25) is 34.7 Å². The number of rotatable bonds is 9. The van der Waals surface area contributed by atoms with Crippen molar-refractivity contribution in [2.45, 2.75) is 26.1 Å². The van der Waals surface area contributed by atoms with Crippen LogP contribution < -0.4 is 5.32 Å². The molecule has 1 aliphatic rings. The lowest BCUT2D eigenvalue weighted by atomic mass is 9.97. The number of ether oxygens (including phenoxy) is 1. The second kappa shape index (κ2) is 11.4. The van der Waals surface area contributed by atoms with E-state index >= 15 is 0 Å². The van der Waals surface area contributed by atoms with Crippen LogP contribution in [-0.4, -0.2) is 39.7 Å². The van der Waals surface area contributed by atoms with E-state index in [1.807, 2.05) is 53.4 Å². The topological polar surface area (TPSA) is 145 Å². The first-order valence-electron chi connectivity index (χ1n) is 11.5. The summed E-state index contributed by atoms with van der Waals surface area (Å²) in [4.78, 5) is 47.4. The third-order valence-electron chi connectivity index (χ3n) is 6.00. The van der Waals surface area contributed by atoms with Crippen LogP contribution in [0.1, 0.15) is 32.6 Å². The van der Waals surface area contributed by atoms with Crippen molar-refractivity contribution in [1.29, 1.82) is 0 Å². The number of nitro groups is 2. The molecule has 0 unspecified atom stereocenters. The van der Waals surface area contributed by atoms with Crippen LogP contribution in [-0.2, 0) is 35.6 Å². The van der Waals surface area contributed by atoms with Gasteiger partial charge in [-0.25, -0.2) is 0 Å². The highest BCUT2D eigenvalue weighted by Crippen LogP contribution is 2.23. The molecule has 1 N–H and O–H groups in total. The smallest absolute Gasteiger partial charge is 0.320 e.